The minimum Gasteiger partial charge on any atom is -0.479 e. The van der Waals surface area contributed by atoms with E-state index in [4.69, 9.17) is 4.74 Å². The summed E-state index contributed by atoms with van der Waals surface area (Å²) in [5.41, 5.74) is 2.15. The van der Waals surface area contributed by atoms with E-state index in [0.29, 0.717) is 27.6 Å². The summed E-state index contributed by atoms with van der Waals surface area (Å²) >= 11 is 3.27. The predicted octanol–water partition coefficient (Wildman–Crippen LogP) is 2.90. The molecule has 0 bridgehead atoms. The number of pyridine rings is 1. The van der Waals surface area contributed by atoms with Gasteiger partial charge in [-0.1, -0.05) is 35.5 Å². The molecule has 0 spiro atoms. The largest absolute Gasteiger partial charge is 0.479 e. The summed E-state index contributed by atoms with van der Waals surface area (Å²) in [4.78, 5) is 16.9. The zero-order valence-electron chi connectivity index (χ0n) is 13.0. The molecule has 122 valence electrons. The van der Waals surface area contributed by atoms with Crippen LogP contribution < -0.4 is 10.1 Å². The van der Waals surface area contributed by atoms with Crippen LogP contribution >= 0.6 is 15.9 Å². The number of nitrogens with zero attached hydrogens (tertiary/aromatic N) is 4. The summed E-state index contributed by atoms with van der Waals surface area (Å²) < 4.78 is 7.25. The lowest BCUT2D eigenvalue weighted by Gasteiger charge is -2.10. The first-order valence-corrected chi connectivity index (χ1v) is 7.86. The third-order valence-corrected chi connectivity index (χ3v) is 3.80. The first kappa shape index (κ1) is 16.1. The van der Waals surface area contributed by atoms with Gasteiger partial charge in [0.15, 0.2) is 5.69 Å². The van der Waals surface area contributed by atoms with Gasteiger partial charge >= 0.3 is 0 Å². The van der Waals surface area contributed by atoms with Crippen molar-refractivity contribution in [3.8, 4) is 17.1 Å². The highest BCUT2D eigenvalue weighted by Gasteiger charge is 2.21. The Hall–Kier alpha value is -2.74. The summed E-state index contributed by atoms with van der Waals surface area (Å²) in [5.74, 6) is -0.0297. The highest BCUT2D eigenvalue weighted by molar-refractivity contribution is 9.10. The Kier molecular flexibility index (Phi) is 4.57. The molecule has 1 N–H and O–H groups in total. The van der Waals surface area contributed by atoms with Gasteiger partial charge in [-0.15, -0.1) is 5.10 Å². The topological polar surface area (TPSA) is 81.9 Å². The second-order valence-corrected chi connectivity index (χ2v) is 5.73. The van der Waals surface area contributed by atoms with Gasteiger partial charge in [0.25, 0.3) is 5.91 Å². The maximum absolute atomic E-state index is 12.7. The van der Waals surface area contributed by atoms with Crippen molar-refractivity contribution in [1.29, 1.82) is 0 Å². The van der Waals surface area contributed by atoms with Crippen LogP contribution in [0.4, 0.5) is 5.69 Å². The Labute approximate surface area is 146 Å². The number of carbonyl (C=O) groups excluding carboxylic acids is 1. The van der Waals surface area contributed by atoms with E-state index in [1.54, 1.807) is 19.2 Å². The number of hydrogen-bond donors (Lipinski definition) is 1. The van der Waals surface area contributed by atoms with Gasteiger partial charge in [-0.2, -0.15) is 0 Å². The van der Waals surface area contributed by atoms with Gasteiger partial charge in [0.1, 0.15) is 16.0 Å². The molecule has 1 amide bonds. The molecule has 0 radical (unpaired) electrons. The van der Waals surface area contributed by atoms with Crippen molar-refractivity contribution >= 4 is 27.5 Å². The summed E-state index contributed by atoms with van der Waals surface area (Å²) in [6.45, 7) is 0. The van der Waals surface area contributed by atoms with Crippen LogP contribution in [0.2, 0.25) is 0 Å². The second kappa shape index (κ2) is 6.79. The van der Waals surface area contributed by atoms with E-state index in [9.17, 15) is 4.79 Å². The Morgan fingerprint density at radius 3 is 2.67 bits per heavy atom. The summed E-state index contributed by atoms with van der Waals surface area (Å²) in [7, 11) is 3.16. The second-order valence-electron chi connectivity index (χ2n) is 4.92. The molecule has 0 saturated heterocycles. The van der Waals surface area contributed by atoms with Gasteiger partial charge in [0.05, 0.1) is 7.11 Å². The fraction of sp³-hybridized carbons (Fsp3) is 0.125. The average molecular weight is 388 g/mol. The van der Waals surface area contributed by atoms with Crippen LogP contribution in [0.1, 0.15) is 10.5 Å². The van der Waals surface area contributed by atoms with Crippen LogP contribution in [-0.2, 0) is 7.05 Å². The number of anilines is 1. The van der Waals surface area contributed by atoms with E-state index in [1.165, 1.54) is 11.8 Å². The molecule has 0 fully saturated rings. The standard InChI is InChI=1S/C16H14BrN5O2/c1-22-14(13(20-21-22)10-6-4-3-5-7-10)15(23)18-11-8-9-12(17)19-16(11)24-2/h3-9H,1-2H3,(H,18,23). The van der Waals surface area contributed by atoms with Crippen LogP contribution in [0.3, 0.4) is 0 Å². The first-order chi connectivity index (χ1) is 11.6. The van der Waals surface area contributed by atoms with E-state index in [2.05, 4.69) is 36.5 Å². The third kappa shape index (κ3) is 3.13. The molecule has 2 heterocycles. The summed E-state index contributed by atoms with van der Waals surface area (Å²) in [6.07, 6.45) is 0. The maximum atomic E-state index is 12.7. The van der Waals surface area contributed by atoms with Crippen LogP contribution in [0.25, 0.3) is 11.3 Å². The SMILES string of the molecule is COc1nc(Br)ccc1NC(=O)c1c(-c2ccccc2)nnn1C. The third-order valence-electron chi connectivity index (χ3n) is 3.36. The van der Waals surface area contributed by atoms with Gasteiger partial charge < -0.3 is 10.1 Å². The Morgan fingerprint density at radius 1 is 1.21 bits per heavy atom. The number of aryl methyl sites for hydroxylation is 1. The molecule has 7 nitrogen and oxygen atoms in total. The normalized spacial score (nSPS) is 10.5. The Bertz CT molecular complexity index is 879. The number of halogens is 1. The Balaban J connectivity index is 1.96. The van der Waals surface area contributed by atoms with E-state index in [-0.39, 0.29) is 5.91 Å². The number of aromatic nitrogens is 4. The number of nitrogens with one attached hydrogen (secondary N) is 1. The van der Waals surface area contributed by atoms with Crippen molar-refractivity contribution in [2.24, 2.45) is 7.05 Å². The smallest absolute Gasteiger partial charge is 0.276 e. The van der Waals surface area contributed by atoms with Gasteiger partial charge in [-0.25, -0.2) is 9.67 Å². The molecule has 3 rings (SSSR count). The predicted molar refractivity (Wildman–Crippen MR) is 92.9 cm³/mol. The molecule has 2 aromatic heterocycles. The average Bonchev–Trinajstić information content (AvgIpc) is 2.99. The minimum atomic E-state index is -0.344. The molecule has 0 saturated carbocycles. The molecule has 3 aromatic rings. The number of rotatable bonds is 4. The maximum Gasteiger partial charge on any atom is 0.276 e. The van der Waals surface area contributed by atoms with Crippen molar-refractivity contribution in [2.45, 2.75) is 0 Å². The first-order valence-electron chi connectivity index (χ1n) is 7.07. The van der Waals surface area contributed by atoms with E-state index in [1.807, 2.05) is 30.3 Å². The van der Waals surface area contributed by atoms with Crippen molar-refractivity contribution < 1.29 is 9.53 Å². The van der Waals surface area contributed by atoms with Gasteiger partial charge in [-0.3, -0.25) is 4.79 Å². The van der Waals surface area contributed by atoms with E-state index < -0.39 is 0 Å². The van der Waals surface area contributed by atoms with E-state index >= 15 is 0 Å². The lowest BCUT2D eigenvalue weighted by molar-refractivity contribution is 0.101. The summed E-state index contributed by atoms with van der Waals surface area (Å²) in [6, 6.07) is 12.8. The number of carbonyl (C=O) groups is 1. The van der Waals surface area contributed by atoms with Crippen LogP contribution in [0, 0.1) is 0 Å². The molecule has 0 unspecified atom stereocenters. The molecule has 0 aliphatic rings. The lowest BCUT2D eigenvalue weighted by Crippen LogP contribution is -2.18. The molecule has 8 heteroatoms. The fourth-order valence-corrected chi connectivity index (χ4v) is 2.55. The molecular formula is C16H14BrN5O2. The number of amides is 1. The minimum absolute atomic E-state index is 0.314. The van der Waals surface area contributed by atoms with Crippen molar-refractivity contribution in [3.05, 3.63) is 52.8 Å². The number of hydrogen-bond acceptors (Lipinski definition) is 5. The number of methoxy groups -OCH3 is 1. The zero-order valence-corrected chi connectivity index (χ0v) is 14.6. The zero-order chi connectivity index (χ0) is 17.1. The van der Waals surface area contributed by atoms with Gasteiger partial charge in [0.2, 0.25) is 5.88 Å². The fourth-order valence-electron chi connectivity index (χ4n) is 2.25. The molecule has 1 aromatic carbocycles. The molecule has 24 heavy (non-hydrogen) atoms. The molecule has 0 atom stereocenters. The monoisotopic (exact) mass is 387 g/mol. The highest BCUT2D eigenvalue weighted by atomic mass is 79.9. The van der Waals surface area contributed by atoms with Gasteiger partial charge in [-0.05, 0) is 28.1 Å². The van der Waals surface area contributed by atoms with Crippen LogP contribution in [0.5, 0.6) is 5.88 Å². The van der Waals surface area contributed by atoms with Crippen molar-refractivity contribution in [3.63, 3.8) is 0 Å². The number of benzene rings is 1. The molecule has 0 aliphatic carbocycles. The van der Waals surface area contributed by atoms with E-state index in [0.717, 1.165) is 5.56 Å². The van der Waals surface area contributed by atoms with Crippen molar-refractivity contribution in [1.82, 2.24) is 20.0 Å². The summed E-state index contributed by atoms with van der Waals surface area (Å²) in [5, 5.41) is 10.9. The quantitative estimate of drug-likeness (QED) is 0.695. The Morgan fingerprint density at radius 2 is 1.96 bits per heavy atom. The van der Waals surface area contributed by atoms with Crippen molar-refractivity contribution in [2.75, 3.05) is 12.4 Å². The van der Waals surface area contributed by atoms with Crippen LogP contribution in [-0.4, -0.2) is 33.0 Å². The van der Waals surface area contributed by atoms with Crippen LogP contribution in [0.15, 0.2) is 47.1 Å². The lowest BCUT2D eigenvalue weighted by atomic mass is 10.1. The molecular weight excluding hydrogens is 374 g/mol. The highest BCUT2D eigenvalue weighted by Crippen LogP contribution is 2.26. The van der Waals surface area contributed by atoms with Gasteiger partial charge in [0, 0.05) is 12.6 Å². The number of ether oxygens (including phenoxy) is 1. The molecule has 0 aliphatic heterocycles.